The van der Waals surface area contributed by atoms with Gasteiger partial charge in [-0.25, -0.2) is 0 Å². The van der Waals surface area contributed by atoms with Gasteiger partial charge < -0.3 is 10.1 Å². The lowest BCUT2D eigenvalue weighted by Crippen LogP contribution is -2.08. The highest BCUT2D eigenvalue weighted by atomic mass is 16.4. The van der Waals surface area contributed by atoms with Crippen LogP contribution in [0.3, 0.4) is 0 Å². The van der Waals surface area contributed by atoms with E-state index in [9.17, 15) is 14.7 Å². The lowest BCUT2D eigenvalue weighted by Gasteiger charge is -2.06. The van der Waals surface area contributed by atoms with Crippen LogP contribution in [0.15, 0.2) is 72.8 Å². The molecule has 0 spiro atoms. The quantitative estimate of drug-likeness (QED) is 0.486. The Morgan fingerprint density at radius 2 is 1.46 bits per heavy atom. The van der Waals surface area contributed by atoms with Crippen LogP contribution >= 0.6 is 0 Å². The van der Waals surface area contributed by atoms with Gasteiger partial charge in [0.25, 0.3) is 0 Å². The molecule has 2 N–H and O–H groups in total. The fourth-order valence-electron chi connectivity index (χ4n) is 3.43. The van der Waals surface area contributed by atoms with E-state index in [1.165, 1.54) is 5.56 Å². The minimum atomic E-state index is -0.964. The van der Waals surface area contributed by atoms with Crippen molar-refractivity contribution in [3.05, 3.63) is 95.2 Å². The number of aryl methyl sites for hydroxylation is 1. The predicted octanol–water partition coefficient (Wildman–Crippen LogP) is 5.00. The highest BCUT2D eigenvalue weighted by molar-refractivity contribution is 6.12. The Morgan fingerprint density at radius 3 is 2.11 bits per heavy atom. The van der Waals surface area contributed by atoms with E-state index < -0.39 is 5.97 Å². The van der Waals surface area contributed by atoms with Gasteiger partial charge in [-0.05, 0) is 24.1 Å². The number of carboxylic acids is 1. The first-order valence-corrected chi connectivity index (χ1v) is 9.06. The van der Waals surface area contributed by atoms with E-state index >= 15 is 0 Å². The molecule has 138 valence electrons. The number of carbonyl (C=O) groups is 2. The second-order valence-electron chi connectivity index (χ2n) is 6.87. The third kappa shape index (κ3) is 3.32. The monoisotopic (exact) mass is 369 g/mol. The first-order chi connectivity index (χ1) is 13.5. The molecule has 0 radical (unpaired) electrons. The SMILES string of the molecule is Cc1ccc(-c2ccc(C(=O)c3[nH]c4ccccc4c3CC(=O)O)cc2)cc1. The Balaban J connectivity index is 1.71. The summed E-state index contributed by atoms with van der Waals surface area (Å²) in [6, 6.07) is 23.0. The van der Waals surface area contributed by atoms with E-state index in [-0.39, 0.29) is 12.2 Å². The molecule has 0 atom stereocenters. The molecular formula is C24H19NO3. The maximum Gasteiger partial charge on any atom is 0.307 e. The summed E-state index contributed by atoms with van der Waals surface area (Å²) < 4.78 is 0. The number of para-hydroxylation sites is 1. The number of aromatic nitrogens is 1. The summed E-state index contributed by atoms with van der Waals surface area (Å²) in [6.07, 6.45) is -0.202. The van der Waals surface area contributed by atoms with Gasteiger partial charge in [0.15, 0.2) is 0 Å². The van der Waals surface area contributed by atoms with E-state index in [0.717, 1.165) is 22.0 Å². The number of aliphatic carboxylic acids is 1. The van der Waals surface area contributed by atoms with Crippen LogP contribution in [0.4, 0.5) is 0 Å². The lowest BCUT2D eigenvalue weighted by molar-refractivity contribution is -0.136. The molecule has 4 aromatic rings. The smallest absolute Gasteiger partial charge is 0.307 e. The Morgan fingerprint density at radius 1 is 0.857 bits per heavy atom. The van der Waals surface area contributed by atoms with E-state index in [1.54, 1.807) is 12.1 Å². The van der Waals surface area contributed by atoms with Gasteiger partial charge in [-0.2, -0.15) is 0 Å². The zero-order valence-electron chi connectivity index (χ0n) is 15.4. The molecule has 3 aromatic carbocycles. The van der Waals surface area contributed by atoms with Crippen LogP contribution < -0.4 is 0 Å². The number of H-pyrrole nitrogens is 1. The van der Waals surface area contributed by atoms with Crippen LogP contribution in [-0.2, 0) is 11.2 Å². The summed E-state index contributed by atoms with van der Waals surface area (Å²) in [5.41, 5.74) is 5.45. The molecule has 0 unspecified atom stereocenters. The fraction of sp³-hybridized carbons (Fsp3) is 0.0833. The highest BCUT2D eigenvalue weighted by Crippen LogP contribution is 2.26. The van der Waals surface area contributed by atoms with Crippen LogP contribution in [0.25, 0.3) is 22.0 Å². The Kier molecular flexibility index (Phi) is 4.53. The van der Waals surface area contributed by atoms with Crippen LogP contribution in [0.2, 0.25) is 0 Å². The summed E-state index contributed by atoms with van der Waals surface area (Å²) in [7, 11) is 0. The first-order valence-electron chi connectivity index (χ1n) is 9.06. The maximum absolute atomic E-state index is 13.1. The van der Waals surface area contributed by atoms with Gasteiger partial charge in [-0.1, -0.05) is 72.3 Å². The van der Waals surface area contributed by atoms with Gasteiger partial charge in [0, 0.05) is 22.0 Å². The topological polar surface area (TPSA) is 70.2 Å². The van der Waals surface area contributed by atoms with Crippen molar-refractivity contribution in [1.29, 1.82) is 0 Å². The van der Waals surface area contributed by atoms with Crippen molar-refractivity contribution in [3.8, 4) is 11.1 Å². The molecular weight excluding hydrogens is 350 g/mol. The minimum Gasteiger partial charge on any atom is -0.481 e. The van der Waals surface area contributed by atoms with Crippen LogP contribution in [-0.4, -0.2) is 21.8 Å². The molecule has 0 saturated carbocycles. The molecule has 1 aromatic heterocycles. The zero-order valence-corrected chi connectivity index (χ0v) is 15.4. The van der Waals surface area contributed by atoms with Crippen molar-refractivity contribution >= 4 is 22.7 Å². The van der Waals surface area contributed by atoms with Gasteiger partial charge in [0.1, 0.15) is 0 Å². The molecule has 0 bridgehead atoms. The zero-order chi connectivity index (χ0) is 19.7. The number of carboxylic acid groups (broad SMARTS) is 1. The number of carbonyl (C=O) groups excluding carboxylic acids is 1. The molecule has 0 fully saturated rings. The number of benzene rings is 3. The van der Waals surface area contributed by atoms with Gasteiger partial charge in [0.05, 0.1) is 12.1 Å². The average molecular weight is 369 g/mol. The fourth-order valence-corrected chi connectivity index (χ4v) is 3.43. The Bertz CT molecular complexity index is 1170. The van der Waals surface area contributed by atoms with Crippen molar-refractivity contribution in [2.24, 2.45) is 0 Å². The van der Waals surface area contributed by atoms with Crippen molar-refractivity contribution in [3.63, 3.8) is 0 Å². The largest absolute Gasteiger partial charge is 0.481 e. The maximum atomic E-state index is 13.1. The molecule has 4 rings (SSSR count). The van der Waals surface area contributed by atoms with Crippen molar-refractivity contribution in [1.82, 2.24) is 4.98 Å². The Hall–Kier alpha value is -3.66. The normalized spacial score (nSPS) is 10.9. The molecule has 4 heteroatoms. The first kappa shape index (κ1) is 17.7. The summed E-state index contributed by atoms with van der Waals surface area (Å²) in [6.45, 7) is 2.04. The molecule has 1 heterocycles. The number of hydrogen-bond acceptors (Lipinski definition) is 2. The highest BCUT2D eigenvalue weighted by Gasteiger charge is 2.20. The van der Waals surface area contributed by atoms with Gasteiger partial charge >= 0.3 is 5.97 Å². The van der Waals surface area contributed by atoms with Gasteiger partial charge in [-0.15, -0.1) is 0 Å². The van der Waals surface area contributed by atoms with E-state index in [4.69, 9.17) is 0 Å². The number of rotatable bonds is 5. The molecule has 0 aliphatic rings. The number of aromatic amines is 1. The van der Waals surface area contributed by atoms with Crippen molar-refractivity contribution in [2.45, 2.75) is 13.3 Å². The van der Waals surface area contributed by atoms with E-state index in [2.05, 4.69) is 29.2 Å². The second kappa shape index (κ2) is 7.16. The summed E-state index contributed by atoms with van der Waals surface area (Å²) in [5, 5.41) is 10.0. The van der Waals surface area contributed by atoms with Crippen molar-refractivity contribution in [2.75, 3.05) is 0 Å². The molecule has 4 nitrogen and oxygen atoms in total. The van der Waals surface area contributed by atoms with Crippen LogP contribution in [0, 0.1) is 6.92 Å². The average Bonchev–Trinajstić information content (AvgIpc) is 3.06. The molecule has 0 aliphatic heterocycles. The standard InChI is InChI=1S/C24H19NO3/c1-15-6-8-16(9-7-15)17-10-12-18(13-11-17)24(28)23-20(14-22(26)27)19-4-2-3-5-21(19)25-23/h2-13,25H,14H2,1H3,(H,26,27). The summed E-state index contributed by atoms with van der Waals surface area (Å²) in [4.78, 5) is 27.5. The number of fused-ring (bicyclic) bond motifs is 1. The third-order valence-electron chi connectivity index (χ3n) is 4.90. The summed E-state index contributed by atoms with van der Waals surface area (Å²) >= 11 is 0. The number of hydrogen-bond donors (Lipinski definition) is 2. The molecule has 0 amide bonds. The number of nitrogens with one attached hydrogen (secondary N) is 1. The molecule has 0 aliphatic carbocycles. The van der Waals surface area contributed by atoms with Crippen molar-refractivity contribution < 1.29 is 14.7 Å². The molecule has 0 saturated heterocycles. The van der Waals surface area contributed by atoms with Crippen LogP contribution in [0.5, 0.6) is 0 Å². The predicted molar refractivity (Wildman–Crippen MR) is 110 cm³/mol. The molecule has 28 heavy (non-hydrogen) atoms. The second-order valence-corrected chi connectivity index (χ2v) is 6.87. The van der Waals surface area contributed by atoms with E-state index in [0.29, 0.717) is 16.8 Å². The van der Waals surface area contributed by atoms with Gasteiger partial charge in [0.2, 0.25) is 5.78 Å². The lowest BCUT2D eigenvalue weighted by atomic mass is 9.98. The minimum absolute atomic E-state index is 0.202. The third-order valence-corrected chi connectivity index (χ3v) is 4.90. The summed E-state index contributed by atoms with van der Waals surface area (Å²) in [5.74, 6) is -1.17. The Labute approximate surface area is 162 Å². The van der Waals surface area contributed by atoms with Crippen LogP contribution in [0.1, 0.15) is 27.2 Å². The van der Waals surface area contributed by atoms with Gasteiger partial charge in [-0.3, -0.25) is 9.59 Å². The number of ketones is 1. The van der Waals surface area contributed by atoms with E-state index in [1.807, 2.05) is 43.3 Å².